The molecule has 0 radical (unpaired) electrons. The number of nitrogens with zero attached hydrogens (tertiary/aromatic N) is 1. The van der Waals surface area contributed by atoms with Crippen molar-refractivity contribution in [1.82, 2.24) is 0 Å². The predicted molar refractivity (Wildman–Crippen MR) is 53.1 cm³/mol. The van der Waals surface area contributed by atoms with Gasteiger partial charge in [0.05, 0.1) is 0 Å². The van der Waals surface area contributed by atoms with E-state index in [9.17, 15) is 28.1 Å². The van der Waals surface area contributed by atoms with Crippen LogP contribution in [0.25, 0.3) is 0 Å². The molecular weight excluding hydrogens is 255 g/mol. The Morgan fingerprint density at radius 3 is 2.33 bits per heavy atom. The van der Waals surface area contributed by atoms with Gasteiger partial charge in [-0.05, 0) is 5.56 Å². The molecule has 0 aromatic heterocycles. The van der Waals surface area contributed by atoms with E-state index in [2.05, 4.69) is 4.74 Å². The van der Waals surface area contributed by atoms with E-state index in [1.807, 2.05) is 0 Å². The second-order valence-corrected chi connectivity index (χ2v) is 3.32. The van der Waals surface area contributed by atoms with Crippen LogP contribution in [0.2, 0.25) is 0 Å². The highest BCUT2D eigenvalue weighted by atomic mass is 19.4. The zero-order valence-corrected chi connectivity index (χ0v) is 8.89. The molecule has 8 heteroatoms. The summed E-state index contributed by atoms with van der Waals surface area (Å²) >= 11 is 0. The first-order valence-electron chi connectivity index (χ1n) is 4.73. The highest BCUT2D eigenvalue weighted by molar-refractivity contribution is 5.75. The van der Waals surface area contributed by atoms with Crippen molar-refractivity contribution in [3.05, 3.63) is 46.0 Å². The van der Waals surface area contributed by atoms with Crippen LogP contribution in [-0.2, 0) is 16.1 Å². The molecule has 1 rings (SSSR count). The number of esters is 1. The predicted octanol–water partition coefficient (Wildman–Crippen LogP) is 1.94. The van der Waals surface area contributed by atoms with Gasteiger partial charge in [0.15, 0.2) is 0 Å². The summed E-state index contributed by atoms with van der Waals surface area (Å²) in [6, 6.07) is 4.54. The van der Waals surface area contributed by atoms with Gasteiger partial charge in [-0.1, -0.05) is 30.3 Å². The quantitative estimate of drug-likeness (QED) is 0.473. The van der Waals surface area contributed by atoms with E-state index in [1.54, 1.807) is 18.2 Å². The van der Waals surface area contributed by atoms with Crippen LogP contribution in [0.4, 0.5) is 13.2 Å². The van der Waals surface area contributed by atoms with Gasteiger partial charge < -0.3 is 4.74 Å². The first-order chi connectivity index (χ1) is 8.32. The number of ether oxygens (including phenoxy) is 1. The number of rotatable bonds is 4. The van der Waals surface area contributed by atoms with Crippen LogP contribution in [0.3, 0.4) is 0 Å². The molecule has 0 spiro atoms. The summed E-state index contributed by atoms with van der Waals surface area (Å²) in [5.74, 6) is -1.92. The van der Waals surface area contributed by atoms with Crippen molar-refractivity contribution in [3.63, 3.8) is 0 Å². The number of benzene rings is 1. The highest BCUT2D eigenvalue weighted by Gasteiger charge is 2.56. The van der Waals surface area contributed by atoms with Crippen molar-refractivity contribution >= 4 is 5.97 Å². The van der Waals surface area contributed by atoms with Gasteiger partial charge in [0.25, 0.3) is 0 Å². The van der Waals surface area contributed by atoms with Gasteiger partial charge in [0.2, 0.25) is 0 Å². The minimum Gasteiger partial charge on any atom is -0.455 e. The largest absolute Gasteiger partial charge is 0.469 e. The van der Waals surface area contributed by atoms with Crippen LogP contribution in [-0.4, -0.2) is 23.1 Å². The average molecular weight is 263 g/mol. The van der Waals surface area contributed by atoms with Gasteiger partial charge >= 0.3 is 18.2 Å². The molecule has 1 atom stereocenters. The summed E-state index contributed by atoms with van der Waals surface area (Å²) in [5.41, 5.74) is 0.440. The maximum Gasteiger partial charge on any atom is 0.469 e. The molecule has 0 saturated carbocycles. The van der Waals surface area contributed by atoms with Gasteiger partial charge in [-0.25, -0.2) is 4.79 Å². The van der Waals surface area contributed by atoms with Gasteiger partial charge in [0.1, 0.15) is 6.61 Å². The van der Waals surface area contributed by atoms with Crippen molar-refractivity contribution < 1.29 is 27.6 Å². The Labute approximate surface area is 99.3 Å². The van der Waals surface area contributed by atoms with Crippen LogP contribution < -0.4 is 0 Å². The lowest BCUT2D eigenvalue weighted by Crippen LogP contribution is -2.44. The molecule has 0 amide bonds. The van der Waals surface area contributed by atoms with Crippen LogP contribution in [0.1, 0.15) is 5.56 Å². The number of alkyl halides is 3. The number of halogens is 3. The molecule has 0 heterocycles. The molecule has 0 bridgehead atoms. The van der Waals surface area contributed by atoms with Crippen LogP contribution in [0.15, 0.2) is 30.3 Å². The van der Waals surface area contributed by atoms with Crippen molar-refractivity contribution in [3.8, 4) is 0 Å². The Kier molecular flexibility index (Phi) is 4.24. The molecule has 0 aliphatic rings. The summed E-state index contributed by atoms with van der Waals surface area (Å²) in [4.78, 5) is 19.5. The second kappa shape index (κ2) is 5.48. The summed E-state index contributed by atoms with van der Waals surface area (Å²) in [6.45, 7) is -0.444. The van der Waals surface area contributed by atoms with E-state index >= 15 is 0 Å². The van der Waals surface area contributed by atoms with Crippen molar-refractivity contribution in [2.24, 2.45) is 0 Å². The van der Waals surface area contributed by atoms with Gasteiger partial charge in [-0.2, -0.15) is 13.2 Å². The fourth-order valence-corrected chi connectivity index (χ4v) is 1.15. The van der Waals surface area contributed by atoms with Crippen LogP contribution >= 0.6 is 0 Å². The van der Waals surface area contributed by atoms with E-state index in [0.29, 0.717) is 5.56 Å². The molecule has 0 aliphatic heterocycles. The van der Waals surface area contributed by atoms with E-state index in [0.717, 1.165) is 0 Å². The molecule has 98 valence electrons. The monoisotopic (exact) mass is 263 g/mol. The van der Waals surface area contributed by atoms with Gasteiger partial charge in [-0.3, -0.25) is 10.1 Å². The fourth-order valence-electron chi connectivity index (χ4n) is 1.15. The first-order valence-corrected chi connectivity index (χ1v) is 4.73. The van der Waals surface area contributed by atoms with Crippen molar-refractivity contribution in [2.75, 3.05) is 0 Å². The molecule has 1 unspecified atom stereocenters. The van der Waals surface area contributed by atoms with Crippen molar-refractivity contribution in [2.45, 2.75) is 18.8 Å². The number of carbonyl (C=O) groups is 1. The van der Waals surface area contributed by atoms with E-state index in [4.69, 9.17) is 0 Å². The zero-order valence-electron chi connectivity index (χ0n) is 8.89. The summed E-state index contributed by atoms with van der Waals surface area (Å²) < 4.78 is 40.9. The number of hydrogen-bond acceptors (Lipinski definition) is 4. The molecule has 0 aliphatic carbocycles. The minimum absolute atomic E-state index is 0.440. The highest BCUT2D eigenvalue weighted by Crippen LogP contribution is 2.23. The SMILES string of the molecule is O=C(OCc1ccccc1)C([N+](=O)[O-])C(F)(F)F. The first kappa shape index (κ1) is 13.9. The van der Waals surface area contributed by atoms with Crippen molar-refractivity contribution in [1.29, 1.82) is 0 Å². The zero-order chi connectivity index (χ0) is 13.8. The maximum atomic E-state index is 12.2. The lowest BCUT2D eigenvalue weighted by molar-refractivity contribution is -0.549. The summed E-state index contributed by atoms with van der Waals surface area (Å²) in [5, 5.41) is 10.2. The summed E-state index contributed by atoms with van der Waals surface area (Å²) in [6.07, 6.45) is -5.27. The Morgan fingerprint density at radius 1 is 1.33 bits per heavy atom. The molecule has 0 fully saturated rings. The molecule has 0 saturated heterocycles. The average Bonchev–Trinajstić information content (AvgIpc) is 2.25. The molecule has 1 aromatic carbocycles. The molecule has 0 N–H and O–H groups in total. The second-order valence-electron chi connectivity index (χ2n) is 3.32. The Hall–Kier alpha value is -2.12. The maximum absolute atomic E-state index is 12.2. The number of hydrogen-bond donors (Lipinski definition) is 0. The third kappa shape index (κ3) is 3.72. The Balaban J connectivity index is 2.67. The smallest absolute Gasteiger partial charge is 0.455 e. The number of nitro groups is 1. The lowest BCUT2D eigenvalue weighted by atomic mass is 10.2. The Bertz CT molecular complexity index is 432. The van der Waals surface area contributed by atoms with E-state index in [1.165, 1.54) is 12.1 Å². The Morgan fingerprint density at radius 2 is 1.89 bits per heavy atom. The van der Waals surface area contributed by atoms with Crippen LogP contribution in [0.5, 0.6) is 0 Å². The van der Waals surface area contributed by atoms with Gasteiger partial charge in [-0.15, -0.1) is 0 Å². The van der Waals surface area contributed by atoms with E-state index in [-0.39, 0.29) is 0 Å². The van der Waals surface area contributed by atoms with E-state index < -0.39 is 29.7 Å². The third-order valence-corrected chi connectivity index (χ3v) is 1.97. The fraction of sp³-hybridized carbons (Fsp3) is 0.300. The third-order valence-electron chi connectivity index (χ3n) is 1.97. The summed E-state index contributed by atoms with van der Waals surface area (Å²) in [7, 11) is 0. The molecule has 5 nitrogen and oxygen atoms in total. The standard InChI is InChI=1S/C10H8F3NO4/c11-10(12,13)8(14(16)17)9(15)18-6-7-4-2-1-3-5-7/h1-5,8H,6H2. The normalized spacial score (nSPS) is 12.8. The molecular formula is C10H8F3NO4. The van der Waals surface area contributed by atoms with Crippen LogP contribution in [0, 0.1) is 10.1 Å². The minimum atomic E-state index is -5.27. The van der Waals surface area contributed by atoms with Gasteiger partial charge in [0, 0.05) is 4.92 Å². The molecule has 18 heavy (non-hydrogen) atoms. The number of carbonyl (C=O) groups excluding carboxylic acids is 1. The lowest BCUT2D eigenvalue weighted by Gasteiger charge is -2.12. The molecule has 1 aromatic rings. The topological polar surface area (TPSA) is 69.4 Å².